The molecule has 6 aromatic carbocycles. The van der Waals surface area contributed by atoms with Gasteiger partial charge in [0.25, 0.3) is 0 Å². The Morgan fingerprint density at radius 2 is 1.08 bits per heavy atom. The summed E-state index contributed by atoms with van der Waals surface area (Å²) >= 11 is 0. The van der Waals surface area contributed by atoms with Crippen molar-refractivity contribution in [2.45, 2.75) is 36.5 Å². The molecule has 0 aliphatic carbocycles. The summed E-state index contributed by atoms with van der Waals surface area (Å²) in [4.78, 5) is 2.79. The van der Waals surface area contributed by atoms with Gasteiger partial charge in [0.2, 0.25) is 5.39 Å². The van der Waals surface area contributed by atoms with E-state index in [1.807, 2.05) is 24.3 Å². The van der Waals surface area contributed by atoms with Crippen molar-refractivity contribution in [2.75, 3.05) is 0 Å². The first-order valence-electron chi connectivity index (χ1n) is 15.2. The lowest BCUT2D eigenvalue weighted by Gasteiger charge is -2.33. The first-order chi connectivity index (χ1) is 22.8. The number of rotatable bonds is 8. The molecular formula is C39H32N2O6S. The second kappa shape index (κ2) is 12.1. The summed E-state index contributed by atoms with van der Waals surface area (Å²) in [5.74, 6) is -0.162. The minimum Gasteiger partial charge on any atom is -0.867 e. The zero-order chi connectivity index (χ0) is 34.3. The summed E-state index contributed by atoms with van der Waals surface area (Å²) in [6, 6.07) is 36.2. The molecule has 6 aromatic rings. The van der Waals surface area contributed by atoms with Crippen LogP contribution in [0.1, 0.15) is 48.6 Å². The van der Waals surface area contributed by atoms with Gasteiger partial charge in [0, 0.05) is 22.3 Å². The van der Waals surface area contributed by atoms with Gasteiger partial charge in [-0.3, -0.25) is 0 Å². The van der Waals surface area contributed by atoms with E-state index < -0.39 is 21.3 Å². The Hall–Kier alpha value is -5.85. The number of fused-ring (bicyclic) bond motifs is 1. The van der Waals surface area contributed by atoms with Crippen LogP contribution >= 0.6 is 0 Å². The van der Waals surface area contributed by atoms with Crippen LogP contribution in [0, 0.1) is 5.39 Å². The van der Waals surface area contributed by atoms with Crippen LogP contribution in [0.15, 0.2) is 132 Å². The predicted molar refractivity (Wildman–Crippen MR) is 183 cm³/mol. The molecule has 0 saturated carbocycles. The smallest absolute Gasteiger partial charge is 0.378 e. The lowest BCUT2D eigenvalue weighted by atomic mass is 9.70. The average molecular weight is 657 g/mol. The molecule has 1 atom stereocenters. The molecule has 48 heavy (non-hydrogen) atoms. The minimum atomic E-state index is -4.35. The fourth-order valence-electron chi connectivity index (χ4n) is 6.16. The van der Waals surface area contributed by atoms with E-state index in [1.54, 1.807) is 48.5 Å². The van der Waals surface area contributed by atoms with Crippen LogP contribution in [0.25, 0.3) is 15.7 Å². The zero-order valence-corrected chi connectivity index (χ0v) is 27.3. The van der Waals surface area contributed by atoms with Crippen LogP contribution in [0.2, 0.25) is 0 Å². The Morgan fingerprint density at radius 1 is 0.625 bits per heavy atom. The molecule has 0 aliphatic rings. The lowest BCUT2D eigenvalue weighted by Crippen LogP contribution is -2.26. The Kier molecular flexibility index (Phi) is 8.07. The van der Waals surface area contributed by atoms with E-state index in [4.69, 9.17) is 9.58 Å². The van der Waals surface area contributed by atoms with E-state index in [0.717, 1.165) is 27.8 Å². The molecule has 0 fully saturated rings. The molecule has 0 radical (unpaired) electrons. The second-order valence-electron chi connectivity index (χ2n) is 12.3. The maximum atomic E-state index is 13.4. The molecule has 8 nitrogen and oxygen atoms in total. The number of nitrogens with zero attached hydrogens (tertiary/aromatic N) is 2. The van der Waals surface area contributed by atoms with E-state index >= 15 is 0 Å². The van der Waals surface area contributed by atoms with Gasteiger partial charge < -0.3 is 19.5 Å². The number of phenolic OH excluding ortho intramolecular Hbond substituents is 2. The topological polar surface area (TPSA) is 135 Å². The van der Waals surface area contributed by atoms with Crippen LogP contribution in [-0.2, 0) is 20.9 Å². The van der Waals surface area contributed by atoms with Crippen LogP contribution in [0.4, 0.5) is 5.69 Å². The molecule has 0 aromatic heterocycles. The normalized spacial score (nSPS) is 13.0. The summed E-state index contributed by atoms with van der Waals surface area (Å²) < 4.78 is 32.4. The monoisotopic (exact) mass is 656 g/mol. The van der Waals surface area contributed by atoms with E-state index in [0.29, 0.717) is 0 Å². The molecule has 1 unspecified atom stereocenters. The number of hydrogen-bond donors (Lipinski definition) is 2. The Morgan fingerprint density at radius 3 is 1.60 bits per heavy atom. The molecule has 0 spiro atoms. The number of aromatic hydroxyl groups is 2. The van der Waals surface area contributed by atoms with Gasteiger partial charge in [-0.05, 0) is 94.4 Å². The molecule has 0 amide bonds. The molecule has 0 bridgehead atoms. The van der Waals surface area contributed by atoms with Crippen LogP contribution < -0.4 is 9.29 Å². The third-order valence-corrected chi connectivity index (χ3v) is 10.5. The Balaban J connectivity index is 1.35. The van der Waals surface area contributed by atoms with Crippen molar-refractivity contribution in [1.29, 1.82) is 5.39 Å². The highest BCUT2D eigenvalue weighted by molar-refractivity contribution is 7.87. The first kappa shape index (κ1) is 32.1. The third kappa shape index (κ3) is 5.67. The van der Waals surface area contributed by atoms with Gasteiger partial charge in [-0.15, -0.1) is 0 Å². The summed E-state index contributed by atoms with van der Waals surface area (Å²) in [5.41, 5.74) is 3.64. The van der Waals surface area contributed by atoms with Gasteiger partial charge in [0.1, 0.15) is 22.1 Å². The maximum absolute atomic E-state index is 13.4. The van der Waals surface area contributed by atoms with Gasteiger partial charge in [0.15, 0.2) is 4.98 Å². The van der Waals surface area contributed by atoms with Crippen molar-refractivity contribution >= 4 is 26.6 Å². The highest BCUT2D eigenvalue weighted by Gasteiger charge is 2.33. The number of benzene rings is 6. The highest BCUT2D eigenvalue weighted by atomic mass is 32.2. The second-order valence-corrected chi connectivity index (χ2v) is 13.9. The summed E-state index contributed by atoms with van der Waals surface area (Å²) in [7, 11) is -4.35. The van der Waals surface area contributed by atoms with Gasteiger partial charge in [-0.1, -0.05) is 86.6 Å². The number of hydrogen-bond acceptors (Lipinski definition) is 7. The van der Waals surface area contributed by atoms with Crippen LogP contribution in [0.5, 0.6) is 23.0 Å². The Bertz CT molecular complexity index is 2280. The third-order valence-electron chi connectivity index (χ3n) is 9.18. The maximum Gasteiger partial charge on any atom is 0.378 e. The van der Waals surface area contributed by atoms with E-state index in [-0.39, 0.29) is 44.0 Å². The van der Waals surface area contributed by atoms with Crippen LogP contribution in [-0.4, -0.2) is 18.6 Å². The quantitative estimate of drug-likeness (QED) is 0.0957. The Labute approximate surface area is 278 Å². The predicted octanol–water partition coefficient (Wildman–Crippen LogP) is 8.26. The first-order valence-corrected chi connectivity index (χ1v) is 16.6. The molecule has 240 valence electrons. The van der Waals surface area contributed by atoms with Crippen molar-refractivity contribution in [3.8, 4) is 23.0 Å². The minimum absolute atomic E-state index is 0.0825. The molecule has 0 heterocycles. The van der Waals surface area contributed by atoms with Crippen molar-refractivity contribution in [1.82, 2.24) is 0 Å². The number of diazo groups is 1. The number of phenols is 2. The van der Waals surface area contributed by atoms with Gasteiger partial charge in [-0.25, -0.2) is 0 Å². The molecule has 6 rings (SSSR count). The van der Waals surface area contributed by atoms with E-state index in [2.05, 4.69) is 50.0 Å². The standard InChI is InChI=1S/C39H32N2O6S/c1-38(2,26-11-17-30(42)18-12-26)25-7-9-27(10-8-25)39(3,28-13-19-31(43)20-14-28)29-15-21-32(22-16-29)47-48(45,46)36-6-4-5-34-33(36)23-24-35(41-40)37(34)44/h4-24H,1-3H3,(H2-,42,43,44). The summed E-state index contributed by atoms with van der Waals surface area (Å²) in [5, 5.41) is 41.8. The molecule has 2 N–H and O–H groups in total. The summed E-state index contributed by atoms with van der Waals surface area (Å²) in [6.45, 7) is 6.32. The average Bonchev–Trinajstić information content (AvgIpc) is 3.08. The highest BCUT2D eigenvalue weighted by Crippen LogP contribution is 2.42. The fourth-order valence-corrected chi connectivity index (χ4v) is 7.31. The fraction of sp³-hybridized carbons (Fsp3) is 0.128. The van der Waals surface area contributed by atoms with Gasteiger partial charge in [0.05, 0.1) is 0 Å². The summed E-state index contributed by atoms with van der Waals surface area (Å²) in [6.07, 6.45) is 0. The van der Waals surface area contributed by atoms with Crippen LogP contribution in [0.3, 0.4) is 0 Å². The molecule has 0 saturated heterocycles. The molecule has 0 aliphatic heterocycles. The largest absolute Gasteiger partial charge is 0.867 e. The van der Waals surface area contributed by atoms with E-state index in [1.165, 1.54) is 30.3 Å². The van der Waals surface area contributed by atoms with Crippen molar-refractivity contribution < 1.29 is 27.9 Å². The lowest BCUT2D eigenvalue weighted by molar-refractivity contribution is -0.264. The van der Waals surface area contributed by atoms with Crippen molar-refractivity contribution in [3.05, 3.63) is 160 Å². The van der Waals surface area contributed by atoms with Crippen molar-refractivity contribution in [3.63, 3.8) is 0 Å². The zero-order valence-electron chi connectivity index (χ0n) is 26.5. The van der Waals surface area contributed by atoms with E-state index in [9.17, 15) is 23.7 Å². The van der Waals surface area contributed by atoms with Gasteiger partial charge >= 0.3 is 15.8 Å². The van der Waals surface area contributed by atoms with Gasteiger partial charge in [-0.2, -0.15) is 8.42 Å². The van der Waals surface area contributed by atoms with Crippen molar-refractivity contribution in [2.24, 2.45) is 0 Å². The molecule has 9 heteroatoms. The SMILES string of the molecule is CC(C)(c1ccc(O)cc1)c1ccc(C(C)(c2ccc(O)cc2)c2ccc(OS(=O)(=O)c3cccc4c([O-])c([N+]#N)ccc34)cc2)cc1. The molecular weight excluding hydrogens is 625 g/mol.